The normalized spacial score (nSPS) is 25.9. The molecule has 0 aromatic rings. The number of ether oxygens (including phenoxy) is 1. The number of hydrogen-bond acceptors (Lipinski definition) is 3. The molecule has 1 aliphatic rings. The van der Waals surface area contributed by atoms with E-state index in [0.717, 1.165) is 25.1 Å². The molecule has 0 aromatic heterocycles. The third-order valence-corrected chi connectivity index (χ3v) is 3.50. The first-order chi connectivity index (χ1) is 7.63. The second kappa shape index (κ2) is 7.25. The first-order valence-corrected chi connectivity index (χ1v) is 6.61. The Bertz CT molecular complexity index is 185. The topological polar surface area (TPSA) is 24.5 Å². The van der Waals surface area contributed by atoms with Crippen molar-refractivity contribution in [3.8, 4) is 0 Å². The maximum Gasteiger partial charge on any atom is 0.0596 e. The number of nitrogens with zero attached hydrogens (tertiary/aromatic N) is 1. The molecule has 0 aromatic carbocycles. The summed E-state index contributed by atoms with van der Waals surface area (Å²) in [4.78, 5) is 2.41. The van der Waals surface area contributed by atoms with Crippen molar-refractivity contribution in [2.45, 2.75) is 45.3 Å². The predicted molar refractivity (Wildman–Crippen MR) is 68.8 cm³/mol. The zero-order chi connectivity index (χ0) is 12.0. The highest BCUT2D eigenvalue weighted by atomic mass is 16.5. The molecular weight excluding hydrogens is 200 g/mol. The Morgan fingerprint density at radius 2 is 2.12 bits per heavy atom. The third kappa shape index (κ3) is 4.81. The van der Waals surface area contributed by atoms with Crippen molar-refractivity contribution in [3.05, 3.63) is 0 Å². The van der Waals surface area contributed by atoms with Gasteiger partial charge in [-0.1, -0.05) is 6.42 Å². The van der Waals surface area contributed by atoms with E-state index >= 15 is 0 Å². The number of likely N-dealkylation sites (N-methyl/N-ethyl adjacent to an activating group) is 1. The van der Waals surface area contributed by atoms with Crippen LogP contribution in [-0.4, -0.2) is 50.8 Å². The lowest BCUT2D eigenvalue weighted by molar-refractivity contribution is 0.0606. The van der Waals surface area contributed by atoms with Crippen molar-refractivity contribution in [1.29, 1.82) is 0 Å². The standard InChI is InChI=1S/C13H28N2O/c1-11(2)16-9-8-15(4)10-12-6-5-7-13(12)14-3/h11-14H,5-10H2,1-4H3. The largest absolute Gasteiger partial charge is 0.377 e. The smallest absolute Gasteiger partial charge is 0.0596 e. The van der Waals surface area contributed by atoms with E-state index in [1.807, 2.05) is 0 Å². The van der Waals surface area contributed by atoms with Crippen LogP contribution in [-0.2, 0) is 4.74 Å². The van der Waals surface area contributed by atoms with E-state index in [0.29, 0.717) is 6.10 Å². The SMILES string of the molecule is CNC1CCCC1CN(C)CCOC(C)C. The van der Waals surface area contributed by atoms with E-state index in [9.17, 15) is 0 Å². The summed E-state index contributed by atoms with van der Waals surface area (Å²) in [5, 5.41) is 3.44. The van der Waals surface area contributed by atoms with Gasteiger partial charge < -0.3 is 15.0 Å². The van der Waals surface area contributed by atoms with Gasteiger partial charge in [0.05, 0.1) is 12.7 Å². The Hall–Kier alpha value is -0.120. The van der Waals surface area contributed by atoms with Crippen LogP contribution in [0.5, 0.6) is 0 Å². The van der Waals surface area contributed by atoms with E-state index < -0.39 is 0 Å². The van der Waals surface area contributed by atoms with Gasteiger partial charge in [0.1, 0.15) is 0 Å². The van der Waals surface area contributed by atoms with Crippen molar-refractivity contribution < 1.29 is 4.74 Å². The monoisotopic (exact) mass is 228 g/mol. The van der Waals surface area contributed by atoms with E-state index in [2.05, 4.69) is 38.2 Å². The fourth-order valence-electron chi connectivity index (χ4n) is 2.57. The highest BCUT2D eigenvalue weighted by molar-refractivity contribution is 4.83. The van der Waals surface area contributed by atoms with Gasteiger partial charge in [-0.05, 0) is 46.7 Å². The molecule has 3 heteroatoms. The minimum absolute atomic E-state index is 0.352. The first kappa shape index (κ1) is 13.9. The fourth-order valence-corrected chi connectivity index (χ4v) is 2.57. The highest BCUT2D eigenvalue weighted by Crippen LogP contribution is 2.25. The van der Waals surface area contributed by atoms with Crippen LogP contribution in [0.1, 0.15) is 33.1 Å². The van der Waals surface area contributed by atoms with Gasteiger partial charge in [0.25, 0.3) is 0 Å². The Balaban J connectivity index is 2.15. The molecule has 0 heterocycles. The minimum Gasteiger partial charge on any atom is -0.377 e. The minimum atomic E-state index is 0.352. The van der Waals surface area contributed by atoms with E-state index in [-0.39, 0.29) is 0 Å². The van der Waals surface area contributed by atoms with Crippen molar-refractivity contribution in [2.24, 2.45) is 5.92 Å². The van der Waals surface area contributed by atoms with E-state index in [1.165, 1.54) is 25.8 Å². The van der Waals surface area contributed by atoms with Crippen LogP contribution in [0.2, 0.25) is 0 Å². The van der Waals surface area contributed by atoms with Crippen molar-refractivity contribution >= 4 is 0 Å². The van der Waals surface area contributed by atoms with E-state index in [4.69, 9.17) is 4.74 Å². The summed E-state index contributed by atoms with van der Waals surface area (Å²) in [6, 6.07) is 0.730. The predicted octanol–water partition coefficient (Wildman–Crippen LogP) is 1.73. The van der Waals surface area contributed by atoms with Gasteiger partial charge in [0.2, 0.25) is 0 Å². The third-order valence-electron chi connectivity index (χ3n) is 3.50. The molecule has 0 spiro atoms. The van der Waals surface area contributed by atoms with Crippen LogP contribution in [0.3, 0.4) is 0 Å². The van der Waals surface area contributed by atoms with Crippen LogP contribution in [0.15, 0.2) is 0 Å². The summed E-state index contributed by atoms with van der Waals surface area (Å²) in [5.74, 6) is 0.828. The molecule has 1 fully saturated rings. The van der Waals surface area contributed by atoms with Crippen LogP contribution < -0.4 is 5.32 Å². The molecule has 1 N–H and O–H groups in total. The Morgan fingerprint density at radius 3 is 2.75 bits per heavy atom. The van der Waals surface area contributed by atoms with Gasteiger partial charge >= 0.3 is 0 Å². The second-order valence-corrected chi connectivity index (χ2v) is 5.27. The van der Waals surface area contributed by atoms with Gasteiger partial charge in [-0.3, -0.25) is 0 Å². The summed E-state index contributed by atoms with van der Waals surface area (Å²) < 4.78 is 5.57. The molecule has 0 saturated heterocycles. The number of hydrogen-bond donors (Lipinski definition) is 1. The molecular formula is C13H28N2O. The number of rotatable bonds is 7. The molecule has 0 amide bonds. The zero-order valence-electron chi connectivity index (χ0n) is 11.3. The molecule has 0 radical (unpaired) electrons. The average Bonchev–Trinajstić information content (AvgIpc) is 2.64. The summed E-state index contributed by atoms with van der Waals surface area (Å²) in [5.41, 5.74) is 0. The fraction of sp³-hybridized carbons (Fsp3) is 1.00. The maximum absolute atomic E-state index is 5.57. The molecule has 2 unspecified atom stereocenters. The van der Waals surface area contributed by atoms with Crippen molar-refractivity contribution in [1.82, 2.24) is 10.2 Å². The molecule has 96 valence electrons. The van der Waals surface area contributed by atoms with Crippen LogP contribution in [0, 0.1) is 5.92 Å². The summed E-state index contributed by atoms with van der Waals surface area (Å²) in [6.07, 6.45) is 4.45. The van der Waals surface area contributed by atoms with E-state index in [1.54, 1.807) is 0 Å². The van der Waals surface area contributed by atoms with Crippen LogP contribution in [0.25, 0.3) is 0 Å². The number of nitrogens with one attached hydrogen (secondary N) is 1. The van der Waals surface area contributed by atoms with Crippen molar-refractivity contribution in [2.75, 3.05) is 33.8 Å². The van der Waals surface area contributed by atoms with Gasteiger partial charge in [0, 0.05) is 19.1 Å². The Morgan fingerprint density at radius 1 is 1.38 bits per heavy atom. The maximum atomic E-state index is 5.57. The Kier molecular flexibility index (Phi) is 6.32. The first-order valence-electron chi connectivity index (χ1n) is 6.61. The molecule has 16 heavy (non-hydrogen) atoms. The van der Waals surface area contributed by atoms with Gasteiger partial charge in [-0.25, -0.2) is 0 Å². The van der Waals surface area contributed by atoms with Gasteiger partial charge in [-0.2, -0.15) is 0 Å². The molecule has 1 saturated carbocycles. The summed E-state index contributed by atoms with van der Waals surface area (Å²) >= 11 is 0. The molecule has 0 aliphatic heterocycles. The van der Waals surface area contributed by atoms with Crippen LogP contribution >= 0.6 is 0 Å². The molecule has 2 atom stereocenters. The summed E-state index contributed by atoms with van der Waals surface area (Å²) in [7, 11) is 4.29. The molecule has 0 bridgehead atoms. The lowest BCUT2D eigenvalue weighted by Crippen LogP contribution is -2.37. The van der Waals surface area contributed by atoms with Gasteiger partial charge in [0.15, 0.2) is 0 Å². The quantitative estimate of drug-likeness (QED) is 0.718. The highest BCUT2D eigenvalue weighted by Gasteiger charge is 2.26. The average molecular weight is 228 g/mol. The van der Waals surface area contributed by atoms with Crippen LogP contribution in [0.4, 0.5) is 0 Å². The lowest BCUT2D eigenvalue weighted by Gasteiger charge is -2.25. The molecule has 3 nitrogen and oxygen atoms in total. The molecule has 1 rings (SSSR count). The lowest BCUT2D eigenvalue weighted by atomic mass is 10.0. The Labute approximate surface area is 101 Å². The second-order valence-electron chi connectivity index (χ2n) is 5.27. The molecule has 1 aliphatic carbocycles. The van der Waals surface area contributed by atoms with Crippen molar-refractivity contribution in [3.63, 3.8) is 0 Å². The summed E-state index contributed by atoms with van der Waals surface area (Å²) in [6.45, 7) is 7.28. The van der Waals surface area contributed by atoms with Gasteiger partial charge in [-0.15, -0.1) is 0 Å². The zero-order valence-corrected chi connectivity index (χ0v) is 11.3.